The Bertz CT molecular complexity index is 1170. The highest BCUT2D eigenvalue weighted by Gasteiger charge is 2.38. The third-order valence-corrected chi connectivity index (χ3v) is 7.10. The fraction of sp³-hybridized carbons (Fsp3) is 0.182. The zero-order valence-electron chi connectivity index (χ0n) is 15.9. The predicted molar refractivity (Wildman–Crippen MR) is 119 cm³/mol. The molecule has 3 heterocycles. The number of hydrogen-bond donors (Lipinski definition) is 0. The van der Waals surface area contributed by atoms with Gasteiger partial charge in [-0.05, 0) is 22.2 Å². The third kappa shape index (κ3) is 3.32. The van der Waals surface area contributed by atoms with Crippen molar-refractivity contribution in [3.63, 3.8) is 0 Å². The van der Waals surface area contributed by atoms with Crippen molar-refractivity contribution in [1.29, 1.82) is 0 Å². The summed E-state index contributed by atoms with van der Waals surface area (Å²) in [6, 6.07) is 17.8. The van der Waals surface area contributed by atoms with E-state index in [1.54, 1.807) is 11.3 Å². The number of benzene rings is 2. The van der Waals surface area contributed by atoms with E-state index in [0.717, 1.165) is 43.6 Å². The van der Waals surface area contributed by atoms with E-state index in [-0.39, 0.29) is 35.4 Å². The van der Waals surface area contributed by atoms with Crippen LogP contribution in [0.2, 0.25) is 0 Å². The van der Waals surface area contributed by atoms with Crippen molar-refractivity contribution in [2.24, 2.45) is 5.10 Å². The number of amides is 3. The van der Waals surface area contributed by atoms with Gasteiger partial charge in [-0.25, -0.2) is 5.01 Å². The molecule has 0 radical (unpaired) electrons. The Labute approximate surface area is 181 Å². The van der Waals surface area contributed by atoms with Gasteiger partial charge in [-0.15, -0.1) is 11.3 Å². The quantitative estimate of drug-likeness (QED) is 0.614. The van der Waals surface area contributed by atoms with Gasteiger partial charge in [0.25, 0.3) is 11.1 Å². The highest BCUT2D eigenvalue weighted by Crippen LogP contribution is 2.36. The van der Waals surface area contributed by atoms with Crippen LogP contribution in [0.15, 0.2) is 65.1 Å². The van der Waals surface area contributed by atoms with Crippen LogP contribution in [0, 0.1) is 0 Å². The summed E-state index contributed by atoms with van der Waals surface area (Å²) in [4.78, 5) is 39.0. The lowest BCUT2D eigenvalue weighted by Crippen LogP contribution is -2.40. The fourth-order valence-electron chi connectivity index (χ4n) is 3.82. The largest absolute Gasteiger partial charge is 0.289 e. The Hall–Kier alpha value is -2.97. The van der Waals surface area contributed by atoms with E-state index >= 15 is 0 Å². The molecule has 5 rings (SSSR count). The number of hydrogen-bond acceptors (Lipinski definition) is 6. The highest BCUT2D eigenvalue weighted by molar-refractivity contribution is 8.14. The van der Waals surface area contributed by atoms with E-state index in [2.05, 4.69) is 23.3 Å². The lowest BCUT2D eigenvalue weighted by molar-refractivity contribution is -0.137. The highest BCUT2D eigenvalue weighted by atomic mass is 32.2. The average molecular weight is 436 g/mol. The first kappa shape index (κ1) is 19.0. The van der Waals surface area contributed by atoms with Crippen LogP contribution >= 0.6 is 23.1 Å². The van der Waals surface area contributed by atoms with Crippen molar-refractivity contribution in [3.05, 3.63) is 70.4 Å². The van der Waals surface area contributed by atoms with Gasteiger partial charge in [0, 0.05) is 16.9 Å². The summed E-state index contributed by atoms with van der Waals surface area (Å²) in [5.41, 5.74) is 1.82. The predicted octanol–water partition coefficient (Wildman–Crippen LogP) is 4.27. The molecule has 0 aliphatic carbocycles. The van der Waals surface area contributed by atoms with Crippen LogP contribution in [0.5, 0.6) is 0 Å². The van der Waals surface area contributed by atoms with Crippen LogP contribution in [0.4, 0.5) is 4.79 Å². The van der Waals surface area contributed by atoms with E-state index in [4.69, 9.17) is 0 Å². The summed E-state index contributed by atoms with van der Waals surface area (Å²) in [7, 11) is 0. The maximum Gasteiger partial charge on any atom is 0.289 e. The van der Waals surface area contributed by atoms with Crippen molar-refractivity contribution >= 4 is 56.6 Å². The van der Waals surface area contributed by atoms with Crippen molar-refractivity contribution in [2.45, 2.75) is 12.5 Å². The van der Waals surface area contributed by atoms with Gasteiger partial charge in [-0.1, -0.05) is 60.3 Å². The number of carbonyl (C=O) groups is 3. The molecule has 2 aliphatic rings. The number of thiophene rings is 1. The minimum absolute atomic E-state index is 0.0883. The lowest BCUT2D eigenvalue weighted by Gasteiger charge is -2.22. The SMILES string of the molecule is O=C1CSC(=O)N1CC(=O)N1N=C(c2cccc3ccccc23)CC1c1cccs1. The van der Waals surface area contributed by atoms with Crippen LogP contribution in [0.25, 0.3) is 10.8 Å². The van der Waals surface area contributed by atoms with Crippen molar-refractivity contribution in [2.75, 3.05) is 12.3 Å². The standard InChI is InChI=1S/C22H17N3O3S2/c26-20(12-24-21(27)13-30-22(24)28)25-18(19-9-4-10-29-19)11-17(23-25)16-8-3-6-14-5-1-2-7-15(14)16/h1-10,18H,11-13H2. The first-order valence-electron chi connectivity index (χ1n) is 9.50. The van der Waals surface area contributed by atoms with Gasteiger partial charge in [0.15, 0.2) is 0 Å². The first-order valence-corrected chi connectivity index (χ1v) is 11.4. The summed E-state index contributed by atoms with van der Waals surface area (Å²) < 4.78 is 0. The van der Waals surface area contributed by atoms with Gasteiger partial charge in [-0.2, -0.15) is 5.10 Å². The number of thioether (sulfide) groups is 1. The Morgan fingerprint density at radius 1 is 1.07 bits per heavy atom. The molecule has 1 unspecified atom stereocenters. The number of imide groups is 1. The van der Waals surface area contributed by atoms with Gasteiger partial charge in [0.1, 0.15) is 6.54 Å². The van der Waals surface area contributed by atoms with Crippen molar-refractivity contribution in [1.82, 2.24) is 9.91 Å². The van der Waals surface area contributed by atoms with E-state index in [9.17, 15) is 14.4 Å². The zero-order valence-corrected chi connectivity index (χ0v) is 17.5. The summed E-state index contributed by atoms with van der Waals surface area (Å²) in [6.45, 7) is -0.279. The van der Waals surface area contributed by atoms with Gasteiger partial charge in [0.2, 0.25) is 5.91 Å². The molecule has 0 N–H and O–H groups in total. The van der Waals surface area contributed by atoms with E-state index in [0.29, 0.717) is 6.42 Å². The summed E-state index contributed by atoms with van der Waals surface area (Å²) in [5.74, 6) is -0.596. The van der Waals surface area contributed by atoms with Gasteiger partial charge in [-0.3, -0.25) is 19.3 Å². The van der Waals surface area contributed by atoms with Crippen LogP contribution in [-0.4, -0.2) is 45.0 Å². The third-order valence-electron chi connectivity index (χ3n) is 5.27. The minimum atomic E-state index is -0.376. The second-order valence-electron chi connectivity index (χ2n) is 7.08. The summed E-state index contributed by atoms with van der Waals surface area (Å²) in [5, 5.41) is 9.93. The summed E-state index contributed by atoms with van der Waals surface area (Å²) >= 11 is 2.50. The average Bonchev–Trinajstić information content (AvgIpc) is 3.50. The molecular formula is C22H17N3O3S2. The Kier molecular flexibility index (Phi) is 4.88. The van der Waals surface area contributed by atoms with Gasteiger partial charge >= 0.3 is 0 Å². The maximum absolute atomic E-state index is 13.1. The number of fused-ring (bicyclic) bond motifs is 1. The molecule has 0 spiro atoms. The van der Waals surface area contributed by atoms with Crippen molar-refractivity contribution < 1.29 is 14.4 Å². The molecule has 0 bridgehead atoms. The van der Waals surface area contributed by atoms with E-state index in [1.165, 1.54) is 5.01 Å². The molecule has 1 aromatic heterocycles. The number of nitrogens with zero attached hydrogens (tertiary/aromatic N) is 3. The van der Waals surface area contributed by atoms with Gasteiger partial charge < -0.3 is 0 Å². The second kappa shape index (κ2) is 7.70. The molecule has 3 amide bonds. The van der Waals surface area contributed by atoms with Crippen LogP contribution < -0.4 is 0 Å². The molecular weight excluding hydrogens is 418 g/mol. The lowest BCUT2D eigenvalue weighted by atomic mass is 9.97. The smallest absolute Gasteiger partial charge is 0.273 e. The molecule has 2 aromatic carbocycles. The van der Waals surface area contributed by atoms with Crippen molar-refractivity contribution in [3.8, 4) is 0 Å². The van der Waals surface area contributed by atoms with Crippen LogP contribution in [0.1, 0.15) is 22.9 Å². The molecule has 1 atom stereocenters. The number of hydrazone groups is 1. The molecule has 1 fully saturated rings. The maximum atomic E-state index is 13.1. The molecule has 1 saturated heterocycles. The Morgan fingerprint density at radius 2 is 1.90 bits per heavy atom. The Balaban J connectivity index is 1.51. The van der Waals surface area contributed by atoms with Gasteiger partial charge in [0.05, 0.1) is 17.5 Å². The Morgan fingerprint density at radius 3 is 2.67 bits per heavy atom. The number of carbonyl (C=O) groups excluding carboxylic acids is 3. The molecule has 2 aliphatic heterocycles. The summed E-state index contributed by atoms with van der Waals surface area (Å²) in [6.07, 6.45) is 0.580. The normalized spacial score (nSPS) is 19.1. The minimum Gasteiger partial charge on any atom is -0.273 e. The molecule has 150 valence electrons. The zero-order chi connectivity index (χ0) is 20.7. The van der Waals surface area contributed by atoms with E-state index in [1.807, 2.05) is 41.8 Å². The second-order valence-corrected chi connectivity index (χ2v) is 8.99. The number of rotatable bonds is 4. The van der Waals surface area contributed by atoms with Crippen LogP contribution in [0.3, 0.4) is 0 Å². The fourth-order valence-corrected chi connectivity index (χ4v) is 5.36. The topological polar surface area (TPSA) is 70.1 Å². The van der Waals surface area contributed by atoms with Crippen LogP contribution in [-0.2, 0) is 9.59 Å². The van der Waals surface area contributed by atoms with E-state index < -0.39 is 0 Å². The molecule has 0 saturated carbocycles. The molecule has 8 heteroatoms. The molecule has 30 heavy (non-hydrogen) atoms. The molecule has 3 aromatic rings. The molecule has 6 nitrogen and oxygen atoms in total. The first-order chi connectivity index (χ1) is 14.6. The monoisotopic (exact) mass is 435 g/mol.